The first-order chi connectivity index (χ1) is 19.1. The summed E-state index contributed by atoms with van der Waals surface area (Å²) < 4.78 is 30.6. The fraction of sp³-hybridized carbons (Fsp3) is 0.367. The van der Waals surface area contributed by atoms with Crippen LogP contribution in [0.4, 0.5) is 5.69 Å². The number of anilines is 1. The molecule has 0 aliphatic carbocycles. The molecule has 1 saturated heterocycles. The monoisotopic (exact) mass is 564 g/mol. The second-order valence-electron chi connectivity index (χ2n) is 10.3. The number of carbonyl (C=O) groups is 1. The molecule has 1 atom stereocenters. The molecule has 40 heavy (non-hydrogen) atoms. The zero-order valence-corrected chi connectivity index (χ0v) is 23.6. The first kappa shape index (κ1) is 29.2. The van der Waals surface area contributed by atoms with Crippen LogP contribution in [0.2, 0.25) is 0 Å². The Labute approximate surface area is 235 Å². The van der Waals surface area contributed by atoms with E-state index in [9.17, 15) is 18.4 Å². The van der Waals surface area contributed by atoms with E-state index in [1.165, 1.54) is 5.56 Å². The number of pyridine rings is 1. The molecule has 4 rings (SSSR count). The van der Waals surface area contributed by atoms with E-state index in [1.54, 1.807) is 6.20 Å². The van der Waals surface area contributed by atoms with Crippen molar-refractivity contribution >= 4 is 27.4 Å². The molecule has 1 fully saturated rings. The maximum absolute atomic E-state index is 12.4. The van der Waals surface area contributed by atoms with Crippen LogP contribution in [0.1, 0.15) is 53.1 Å². The third-order valence-corrected chi connectivity index (χ3v) is 8.22. The van der Waals surface area contributed by atoms with Gasteiger partial charge in [-0.3, -0.25) is 14.3 Å². The quantitative estimate of drug-likeness (QED) is 0.145. The zero-order chi connectivity index (χ0) is 28.7. The van der Waals surface area contributed by atoms with Crippen LogP contribution < -0.4 is 10.2 Å². The molecule has 0 radical (unpaired) electrons. The highest BCUT2D eigenvalue weighted by molar-refractivity contribution is 7.85. The third kappa shape index (κ3) is 7.67. The summed E-state index contributed by atoms with van der Waals surface area (Å²) >= 11 is 0. The summed E-state index contributed by atoms with van der Waals surface area (Å²) in [5.74, 6) is -0.867. The van der Waals surface area contributed by atoms with E-state index in [2.05, 4.69) is 63.7 Å². The van der Waals surface area contributed by atoms with Crippen molar-refractivity contribution in [1.82, 2.24) is 10.3 Å². The topological polar surface area (TPSA) is 132 Å². The van der Waals surface area contributed by atoms with E-state index in [0.717, 1.165) is 28.1 Å². The SMILES string of the molecule is Cc1cc(/C(CC(c2ccc(N3CCC(C(=O)NCCS(=O)(=O)O)CC3)cc2)c2ccccc2C)=N\O)ccn1. The average Bonchev–Trinajstić information content (AvgIpc) is 2.94. The summed E-state index contributed by atoms with van der Waals surface area (Å²) in [5, 5.41) is 16.2. The highest BCUT2D eigenvalue weighted by atomic mass is 32.2. The van der Waals surface area contributed by atoms with Crippen LogP contribution in [-0.4, -0.2) is 60.2 Å². The minimum Gasteiger partial charge on any atom is -0.411 e. The molecule has 0 spiro atoms. The second kappa shape index (κ2) is 13.1. The van der Waals surface area contributed by atoms with Crippen LogP contribution in [0, 0.1) is 19.8 Å². The summed E-state index contributed by atoms with van der Waals surface area (Å²) in [7, 11) is -4.09. The van der Waals surface area contributed by atoms with Crippen molar-refractivity contribution in [2.24, 2.45) is 11.1 Å². The maximum Gasteiger partial charge on any atom is 0.266 e. The number of rotatable bonds is 10. The molecule has 1 aliphatic heterocycles. The number of nitrogens with zero attached hydrogens (tertiary/aromatic N) is 3. The Morgan fingerprint density at radius 3 is 2.42 bits per heavy atom. The number of hydrogen-bond donors (Lipinski definition) is 3. The number of oxime groups is 1. The lowest BCUT2D eigenvalue weighted by molar-refractivity contribution is -0.125. The Balaban J connectivity index is 1.47. The highest BCUT2D eigenvalue weighted by Gasteiger charge is 2.26. The van der Waals surface area contributed by atoms with Gasteiger partial charge in [0.2, 0.25) is 5.91 Å². The Bertz CT molecular complexity index is 1450. The average molecular weight is 565 g/mol. The van der Waals surface area contributed by atoms with Crippen LogP contribution >= 0.6 is 0 Å². The Morgan fingerprint density at radius 2 is 1.80 bits per heavy atom. The first-order valence-electron chi connectivity index (χ1n) is 13.4. The van der Waals surface area contributed by atoms with Crippen molar-refractivity contribution in [2.45, 2.75) is 39.0 Å². The maximum atomic E-state index is 12.4. The number of nitrogens with one attached hydrogen (secondary N) is 1. The lowest BCUT2D eigenvalue weighted by Crippen LogP contribution is -2.41. The molecule has 212 valence electrons. The van der Waals surface area contributed by atoms with Crippen LogP contribution in [0.25, 0.3) is 0 Å². The molecule has 3 N–H and O–H groups in total. The predicted octanol–water partition coefficient (Wildman–Crippen LogP) is 4.32. The molecule has 1 aromatic heterocycles. The van der Waals surface area contributed by atoms with Gasteiger partial charge in [-0.2, -0.15) is 8.42 Å². The van der Waals surface area contributed by atoms with Gasteiger partial charge in [-0.05, 0) is 67.6 Å². The van der Waals surface area contributed by atoms with Gasteiger partial charge in [0.1, 0.15) is 0 Å². The van der Waals surface area contributed by atoms with Gasteiger partial charge in [-0.25, -0.2) is 0 Å². The minimum atomic E-state index is -4.09. The van der Waals surface area contributed by atoms with E-state index in [4.69, 9.17) is 4.55 Å². The third-order valence-electron chi connectivity index (χ3n) is 7.50. The molecule has 10 heteroatoms. The Kier molecular flexibility index (Phi) is 9.54. The summed E-state index contributed by atoms with van der Waals surface area (Å²) in [6, 6.07) is 20.5. The van der Waals surface area contributed by atoms with Crippen molar-refractivity contribution in [1.29, 1.82) is 0 Å². The van der Waals surface area contributed by atoms with Gasteiger partial charge >= 0.3 is 0 Å². The molecule has 1 amide bonds. The lowest BCUT2D eigenvalue weighted by atomic mass is 9.83. The number of benzene rings is 2. The molecule has 0 saturated carbocycles. The van der Waals surface area contributed by atoms with Gasteiger partial charge in [-0.1, -0.05) is 41.6 Å². The van der Waals surface area contributed by atoms with Gasteiger partial charge in [0.15, 0.2) is 0 Å². The van der Waals surface area contributed by atoms with Crippen LogP contribution in [0.5, 0.6) is 0 Å². The van der Waals surface area contributed by atoms with Crippen molar-refractivity contribution in [3.8, 4) is 0 Å². The van der Waals surface area contributed by atoms with E-state index in [0.29, 0.717) is 38.1 Å². The summed E-state index contributed by atoms with van der Waals surface area (Å²) in [6.45, 7) is 5.32. The van der Waals surface area contributed by atoms with E-state index < -0.39 is 15.9 Å². The smallest absolute Gasteiger partial charge is 0.266 e. The van der Waals surface area contributed by atoms with Gasteiger partial charge in [0, 0.05) is 61.0 Å². The fourth-order valence-corrected chi connectivity index (χ4v) is 5.64. The molecule has 0 bridgehead atoms. The molecule has 1 unspecified atom stereocenters. The molecule has 2 aromatic carbocycles. The minimum absolute atomic E-state index is 0.0215. The number of piperidine rings is 1. The molecular weight excluding hydrogens is 528 g/mol. The molecule has 2 heterocycles. The van der Waals surface area contributed by atoms with Gasteiger partial charge in [0.25, 0.3) is 10.1 Å². The highest BCUT2D eigenvalue weighted by Crippen LogP contribution is 2.33. The lowest BCUT2D eigenvalue weighted by Gasteiger charge is -2.33. The number of aryl methyl sites for hydroxylation is 2. The standard InChI is InChI=1S/C30H36N4O5S/c1-21-5-3-4-6-27(21)28(20-29(33-36)25-11-14-31-22(2)19-25)23-7-9-26(10-8-23)34-16-12-24(13-17-34)30(35)32-15-18-40(37,38)39/h3-11,14,19,24,28,36H,12-13,15-18,20H2,1-2H3,(H,32,35)(H,37,38,39)/b33-29-. The van der Waals surface area contributed by atoms with E-state index in [-0.39, 0.29) is 24.3 Å². The number of hydrogen-bond acceptors (Lipinski definition) is 7. The normalized spacial score (nSPS) is 15.6. The second-order valence-corrected chi connectivity index (χ2v) is 11.8. The number of carbonyl (C=O) groups excluding carboxylic acids is 1. The van der Waals surface area contributed by atoms with Crippen LogP contribution in [0.15, 0.2) is 72.0 Å². The largest absolute Gasteiger partial charge is 0.411 e. The zero-order valence-electron chi connectivity index (χ0n) is 22.8. The van der Waals surface area contributed by atoms with Crippen molar-refractivity contribution in [3.63, 3.8) is 0 Å². The Hall–Kier alpha value is -3.76. The van der Waals surface area contributed by atoms with Gasteiger partial charge in [-0.15, -0.1) is 0 Å². The van der Waals surface area contributed by atoms with Crippen LogP contribution in [0.3, 0.4) is 0 Å². The van der Waals surface area contributed by atoms with Gasteiger partial charge < -0.3 is 15.4 Å². The summed E-state index contributed by atoms with van der Waals surface area (Å²) in [4.78, 5) is 18.9. The number of aromatic nitrogens is 1. The molecule has 9 nitrogen and oxygen atoms in total. The Morgan fingerprint density at radius 1 is 1.10 bits per heavy atom. The van der Waals surface area contributed by atoms with Crippen molar-refractivity contribution in [3.05, 3.63) is 94.8 Å². The molecule has 1 aliphatic rings. The van der Waals surface area contributed by atoms with Crippen LogP contribution in [-0.2, 0) is 14.9 Å². The fourth-order valence-electron chi connectivity index (χ4n) is 5.28. The first-order valence-corrected chi connectivity index (χ1v) is 15.0. The molecular formula is C30H36N4O5S. The summed E-state index contributed by atoms with van der Waals surface area (Å²) in [6.07, 6.45) is 3.56. The number of amides is 1. The molecule has 3 aromatic rings. The van der Waals surface area contributed by atoms with Crippen molar-refractivity contribution < 1.29 is 23.0 Å². The van der Waals surface area contributed by atoms with Crippen molar-refractivity contribution in [2.75, 3.05) is 30.3 Å². The van der Waals surface area contributed by atoms with Gasteiger partial charge in [0.05, 0.1) is 11.5 Å². The summed E-state index contributed by atoms with van der Waals surface area (Å²) in [5.41, 5.74) is 6.81. The van der Waals surface area contributed by atoms with E-state index >= 15 is 0 Å². The predicted molar refractivity (Wildman–Crippen MR) is 156 cm³/mol. The van der Waals surface area contributed by atoms with E-state index in [1.807, 2.05) is 31.2 Å².